The van der Waals surface area contributed by atoms with Crippen LogP contribution in [-0.4, -0.2) is 0 Å². The van der Waals surface area contributed by atoms with Crippen LogP contribution in [0.25, 0.3) is 22.3 Å². The van der Waals surface area contributed by atoms with E-state index in [9.17, 15) is 26.3 Å². The molecular weight excluding hydrogens is 510 g/mol. The smallest absolute Gasteiger partial charge is 0.166 e. The van der Waals surface area contributed by atoms with Crippen molar-refractivity contribution in [3.8, 4) is 0 Å². The third-order valence-electron chi connectivity index (χ3n) is 7.68. The number of halogens is 6. The van der Waals surface area contributed by atoms with Gasteiger partial charge < -0.3 is 0 Å². The Hall–Kier alpha value is -4.06. The van der Waals surface area contributed by atoms with Crippen LogP contribution in [-0.2, 0) is 18.8 Å². The van der Waals surface area contributed by atoms with Crippen LogP contribution < -0.4 is 0 Å². The van der Waals surface area contributed by atoms with Gasteiger partial charge in [0.15, 0.2) is 0 Å². The summed E-state index contributed by atoms with van der Waals surface area (Å²) in [7, 11) is 0. The first kappa shape index (κ1) is 25.2. The summed E-state index contributed by atoms with van der Waals surface area (Å²) in [6.45, 7) is 2.02. The third-order valence-corrected chi connectivity index (χ3v) is 7.68. The molecule has 0 saturated heterocycles. The second-order valence-corrected chi connectivity index (χ2v) is 9.95. The molecule has 0 amide bonds. The Morgan fingerprint density at radius 1 is 0.590 bits per heavy atom. The number of hydrogen-bond donors (Lipinski definition) is 0. The van der Waals surface area contributed by atoms with Gasteiger partial charge in [-0.3, -0.25) is 0 Å². The lowest BCUT2D eigenvalue weighted by atomic mass is 9.80. The molecular formula is C33H22F6. The summed E-state index contributed by atoms with van der Waals surface area (Å²) in [6.07, 6.45) is -9.61. The number of alkyl halides is 6. The van der Waals surface area contributed by atoms with Gasteiger partial charge in [-0.2, -0.15) is 26.3 Å². The molecule has 0 heterocycles. The van der Waals surface area contributed by atoms with Gasteiger partial charge in [0.05, 0.1) is 11.1 Å². The maximum Gasteiger partial charge on any atom is 0.416 e. The quantitative estimate of drug-likeness (QED) is 0.230. The second-order valence-electron chi connectivity index (χ2n) is 9.95. The second kappa shape index (κ2) is 9.01. The highest BCUT2D eigenvalue weighted by molar-refractivity contribution is 6.11. The van der Waals surface area contributed by atoms with E-state index in [0.29, 0.717) is 5.57 Å². The topological polar surface area (TPSA) is 0 Å². The largest absolute Gasteiger partial charge is 0.416 e. The summed E-state index contributed by atoms with van der Waals surface area (Å²) in [5.41, 5.74) is 5.31. The van der Waals surface area contributed by atoms with Crippen molar-refractivity contribution in [2.75, 3.05) is 0 Å². The molecule has 0 fully saturated rings. The lowest BCUT2D eigenvalue weighted by molar-refractivity contribution is -0.143. The van der Waals surface area contributed by atoms with E-state index in [1.165, 1.54) is 0 Å². The van der Waals surface area contributed by atoms with E-state index in [1.807, 2.05) is 85.8 Å². The molecule has 0 aromatic heterocycles. The molecule has 39 heavy (non-hydrogen) atoms. The van der Waals surface area contributed by atoms with E-state index in [0.717, 1.165) is 56.7 Å². The lowest BCUT2D eigenvalue weighted by Crippen LogP contribution is -2.12. The Morgan fingerprint density at radius 2 is 1.15 bits per heavy atom. The van der Waals surface area contributed by atoms with E-state index in [1.54, 1.807) is 0 Å². The molecule has 6 rings (SSSR count). The molecule has 196 valence electrons. The molecule has 0 nitrogen and oxygen atoms in total. The van der Waals surface area contributed by atoms with Crippen molar-refractivity contribution in [1.29, 1.82) is 0 Å². The SMILES string of the molecule is CC1=C(c2ccccc2)C(C2=C(c3cc(C(F)(F)F)cc(C(F)(F)F)c3)Cc3ccccc32)c2ccccc21. The maximum absolute atomic E-state index is 13.8. The first-order chi connectivity index (χ1) is 18.5. The molecule has 4 aromatic rings. The summed E-state index contributed by atoms with van der Waals surface area (Å²) in [6, 6.07) is 27.0. The minimum absolute atomic E-state index is 0.0576. The van der Waals surface area contributed by atoms with Crippen molar-refractivity contribution in [3.05, 3.63) is 142 Å². The zero-order valence-corrected chi connectivity index (χ0v) is 20.8. The van der Waals surface area contributed by atoms with Crippen molar-refractivity contribution in [1.82, 2.24) is 0 Å². The van der Waals surface area contributed by atoms with Crippen LogP contribution in [0.4, 0.5) is 26.3 Å². The summed E-state index contributed by atoms with van der Waals surface area (Å²) in [5, 5.41) is 0. The van der Waals surface area contributed by atoms with Gasteiger partial charge in [0, 0.05) is 5.92 Å². The van der Waals surface area contributed by atoms with Crippen LogP contribution >= 0.6 is 0 Å². The fourth-order valence-electron chi connectivity index (χ4n) is 6.01. The number of allylic oxidation sites excluding steroid dienone is 4. The Morgan fingerprint density at radius 3 is 1.79 bits per heavy atom. The minimum Gasteiger partial charge on any atom is -0.166 e. The number of hydrogen-bond acceptors (Lipinski definition) is 0. The average molecular weight is 533 g/mol. The Bertz CT molecular complexity index is 1620. The van der Waals surface area contributed by atoms with E-state index in [4.69, 9.17) is 0 Å². The first-order valence-corrected chi connectivity index (χ1v) is 12.5. The van der Waals surface area contributed by atoms with Crippen molar-refractivity contribution in [2.24, 2.45) is 0 Å². The zero-order chi connectivity index (χ0) is 27.5. The monoisotopic (exact) mass is 532 g/mol. The van der Waals surface area contributed by atoms with Crippen molar-refractivity contribution >= 4 is 22.3 Å². The van der Waals surface area contributed by atoms with Gasteiger partial charge in [-0.25, -0.2) is 0 Å². The first-order valence-electron chi connectivity index (χ1n) is 12.5. The van der Waals surface area contributed by atoms with Gasteiger partial charge in [0.1, 0.15) is 0 Å². The van der Waals surface area contributed by atoms with Crippen LogP contribution in [0.3, 0.4) is 0 Å². The molecule has 1 unspecified atom stereocenters. The van der Waals surface area contributed by atoms with Crippen LogP contribution in [0.15, 0.2) is 97.1 Å². The summed E-state index contributed by atoms with van der Waals surface area (Å²) in [4.78, 5) is 0. The van der Waals surface area contributed by atoms with E-state index < -0.39 is 23.5 Å². The predicted molar refractivity (Wildman–Crippen MR) is 142 cm³/mol. The molecule has 0 saturated carbocycles. The molecule has 4 aromatic carbocycles. The van der Waals surface area contributed by atoms with Gasteiger partial charge in [-0.15, -0.1) is 0 Å². The van der Waals surface area contributed by atoms with Gasteiger partial charge in [-0.05, 0) is 87.2 Å². The molecule has 0 bridgehead atoms. The molecule has 0 aliphatic heterocycles. The van der Waals surface area contributed by atoms with Crippen molar-refractivity contribution < 1.29 is 26.3 Å². The van der Waals surface area contributed by atoms with Crippen LogP contribution in [0.1, 0.15) is 57.3 Å². The Balaban J connectivity index is 1.67. The molecule has 1 atom stereocenters. The van der Waals surface area contributed by atoms with Crippen LogP contribution in [0.2, 0.25) is 0 Å². The van der Waals surface area contributed by atoms with Gasteiger partial charge >= 0.3 is 12.4 Å². The average Bonchev–Trinajstić information content (AvgIpc) is 3.43. The van der Waals surface area contributed by atoms with Gasteiger partial charge in [-0.1, -0.05) is 78.9 Å². The highest BCUT2D eigenvalue weighted by Crippen LogP contribution is 2.57. The molecule has 2 aliphatic rings. The molecule has 0 spiro atoms. The Kier molecular flexibility index (Phi) is 5.83. The summed E-state index contributed by atoms with van der Waals surface area (Å²) >= 11 is 0. The molecule has 0 N–H and O–H groups in total. The number of fused-ring (bicyclic) bond motifs is 2. The van der Waals surface area contributed by atoms with Gasteiger partial charge in [0.2, 0.25) is 0 Å². The maximum atomic E-state index is 13.8. The van der Waals surface area contributed by atoms with Crippen molar-refractivity contribution in [3.63, 3.8) is 0 Å². The lowest BCUT2D eigenvalue weighted by Gasteiger charge is -2.23. The van der Waals surface area contributed by atoms with Crippen LogP contribution in [0.5, 0.6) is 0 Å². The molecule has 2 aliphatic carbocycles. The third kappa shape index (κ3) is 4.28. The predicted octanol–water partition coefficient (Wildman–Crippen LogP) is 9.92. The highest BCUT2D eigenvalue weighted by Gasteiger charge is 2.40. The molecule has 0 radical (unpaired) electrons. The normalized spacial score (nSPS) is 17.1. The number of rotatable bonds is 3. The summed E-state index contributed by atoms with van der Waals surface area (Å²) < 4.78 is 82.9. The van der Waals surface area contributed by atoms with Gasteiger partial charge in [0.25, 0.3) is 0 Å². The van der Waals surface area contributed by atoms with E-state index in [-0.39, 0.29) is 24.0 Å². The summed E-state index contributed by atoms with van der Waals surface area (Å²) in [5.74, 6) is -0.355. The number of benzene rings is 4. The van der Waals surface area contributed by atoms with E-state index in [2.05, 4.69) is 0 Å². The minimum atomic E-state index is -4.92. The standard InChI is InChI=1S/C33H22F6/c1-19-25-12-7-8-14-27(25)31(29(19)20-9-3-2-4-10-20)30-26-13-6-5-11-21(26)17-28(30)22-15-23(32(34,35)36)18-24(16-22)33(37,38)39/h2-16,18,31H,17H2,1H3. The highest BCUT2D eigenvalue weighted by atomic mass is 19.4. The Labute approximate surface area is 221 Å². The molecule has 6 heteroatoms. The van der Waals surface area contributed by atoms with Crippen LogP contribution in [0, 0.1) is 0 Å². The van der Waals surface area contributed by atoms with Crippen molar-refractivity contribution in [2.45, 2.75) is 31.6 Å². The fraction of sp³-hybridized carbons (Fsp3) is 0.152. The zero-order valence-electron chi connectivity index (χ0n) is 20.8. The van der Waals surface area contributed by atoms with E-state index >= 15 is 0 Å². The fourth-order valence-corrected chi connectivity index (χ4v) is 6.01.